The van der Waals surface area contributed by atoms with E-state index >= 15 is 0 Å². The number of rotatable bonds is 3. The summed E-state index contributed by atoms with van der Waals surface area (Å²) in [5.41, 5.74) is 2.50. The van der Waals surface area contributed by atoms with Crippen molar-refractivity contribution in [2.75, 3.05) is 4.90 Å². The minimum atomic E-state index is -0.469. The highest BCUT2D eigenvalue weighted by molar-refractivity contribution is 6.32. The Kier molecular flexibility index (Phi) is 4.37. The standard InChI is InChI=1S/C18H14ClN3O3/c1-11-3-6-15(10-16(11)19)21-12(2)20-17(18(21)23)9-13-4-7-14(8-5-13)22(24)25/h3-10H,1-2H3. The number of amidine groups is 1. The quantitative estimate of drug-likeness (QED) is 0.466. The van der Waals surface area contributed by atoms with Crippen molar-refractivity contribution in [3.8, 4) is 0 Å². The van der Waals surface area contributed by atoms with Gasteiger partial charge in [0.05, 0.1) is 10.6 Å². The second kappa shape index (κ2) is 6.49. The van der Waals surface area contributed by atoms with Crippen LogP contribution in [0.3, 0.4) is 0 Å². The number of non-ortho nitro benzene ring substituents is 1. The summed E-state index contributed by atoms with van der Waals surface area (Å²) in [5, 5.41) is 11.3. The highest BCUT2D eigenvalue weighted by Gasteiger charge is 2.29. The van der Waals surface area contributed by atoms with Crippen molar-refractivity contribution >= 4 is 40.8 Å². The molecule has 0 fully saturated rings. The average Bonchev–Trinajstić information content (AvgIpc) is 2.85. The lowest BCUT2D eigenvalue weighted by Gasteiger charge is -2.16. The Morgan fingerprint density at radius 1 is 1.16 bits per heavy atom. The van der Waals surface area contributed by atoms with Crippen LogP contribution >= 0.6 is 11.6 Å². The van der Waals surface area contributed by atoms with Gasteiger partial charge in [0.2, 0.25) is 0 Å². The van der Waals surface area contributed by atoms with Gasteiger partial charge >= 0.3 is 0 Å². The van der Waals surface area contributed by atoms with Crippen LogP contribution in [0.4, 0.5) is 11.4 Å². The molecule has 0 spiro atoms. The maximum atomic E-state index is 12.7. The van der Waals surface area contributed by atoms with Crippen molar-refractivity contribution < 1.29 is 9.72 Å². The molecular formula is C18H14ClN3O3. The van der Waals surface area contributed by atoms with Crippen LogP contribution in [-0.4, -0.2) is 16.7 Å². The normalized spacial score (nSPS) is 15.6. The Labute approximate surface area is 149 Å². The first-order valence-electron chi connectivity index (χ1n) is 7.49. The second-order valence-electron chi connectivity index (χ2n) is 5.61. The number of nitrogens with zero attached hydrogens (tertiary/aromatic N) is 3. The van der Waals surface area contributed by atoms with Gasteiger partial charge in [-0.2, -0.15) is 0 Å². The summed E-state index contributed by atoms with van der Waals surface area (Å²) in [5.74, 6) is 0.272. The molecule has 2 aromatic carbocycles. The lowest BCUT2D eigenvalue weighted by Crippen LogP contribution is -2.30. The monoisotopic (exact) mass is 355 g/mol. The number of nitro groups is 1. The molecule has 1 heterocycles. The Bertz CT molecular complexity index is 933. The number of halogens is 1. The molecule has 3 rings (SSSR count). The zero-order chi connectivity index (χ0) is 18.1. The highest BCUT2D eigenvalue weighted by Crippen LogP contribution is 2.28. The predicted molar refractivity (Wildman–Crippen MR) is 97.9 cm³/mol. The van der Waals surface area contributed by atoms with Gasteiger partial charge in [0.1, 0.15) is 11.5 Å². The number of nitro benzene ring substituents is 1. The van der Waals surface area contributed by atoms with E-state index in [0.717, 1.165) is 5.56 Å². The smallest absolute Gasteiger partial charge is 0.266 e. The zero-order valence-corrected chi connectivity index (χ0v) is 14.3. The van der Waals surface area contributed by atoms with Gasteiger partial charge in [-0.15, -0.1) is 0 Å². The van der Waals surface area contributed by atoms with Crippen LogP contribution in [-0.2, 0) is 4.79 Å². The average molecular weight is 356 g/mol. The van der Waals surface area contributed by atoms with E-state index in [9.17, 15) is 14.9 Å². The fraction of sp³-hybridized carbons (Fsp3) is 0.111. The number of anilines is 1. The van der Waals surface area contributed by atoms with Gasteiger partial charge in [0.25, 0.3) is 11.6 Å². The Balaban J connectivity index is 1.91. The molecule has 0 bridgehead atoms. The number of carbonyl (C=O) groups is 1. The number of aryl methyl sites for hydroxylation is 1. The summed E-state index contributed by atoms with van der Waals surface area (Å²) in [7, 11) is 0. The van der Waals surface area contributed by atoms with Crippen molar-refractivity contribution in [3.05, 3.63) is 74.4 Å². The summed E-state index contributed by atoms with van der Waals surface area (Å²) in [6.07, 6.45) is 1.60. The van der Waals surface area contributed by atoms with Gasteiger partial charge in [-0.05, 0) is 55.3 Å². The molecule has 1 aliphatic rings. The van der Waals surface area contributed by atoms with E-state index in [0.29, 0.717) is 22.1 Å². The molecule has 126 valence electrons. The van der Waals surface area contributed by atoms with Crippen LogP contribution < -0.4 is 4.90 Å². The molecule has 0 aromatic heterocycles. The summed E-state index contributed by atoms with van der Waals surface area (Å²) in [6.45, 7) is 3.63. The molecule has 0 radical (unpaired) electrons. The van der Waals surface area contributed by atoms with E-state index < -0.39 is 4.92 Å². The Morgan fingerprint density at radius 3 is 2.44 bits per heavy atom. The van der Waals surface area contributed by atoms with Gasteiger partial charge < -0.3 is 0 Å². The van der Waals surface area contributed by atoms with E-state index in [4.69, 9.17) is 11.6 Å². The van der Waals surface area contributed by atoms with Gasteiger partial charge in [0.15, 0.2) is 0 Å². The molecule has 0 aliphatic carbocycles. The third kappa shape index (κ3) is 3.29. The van der Waals surface area contributed by atoms with Crippen LogP contribution in [0.5, 0.6) is 0 Å². The molecular weight excluding hydrogens is 342 g/mol. The van der Waals surface area contributed by atoms with Gasteiger partial charge in [-0.1, -0.05) is 17.7 Å². The van der Waals surface area contributed by atoms with E-state index in [1.54, 1.807) is 31.2 Å². The zero-order valence-electron chi connectivity index (χ0n) is 13.6. The summed E-state index contributed by atoms with van der Waals surface area (Å²) < 4.78 is 0. The lowest BCUT2D eigenvalue weighted by atomic mass is 10.1. The molecule has 7 heteroatoms. The fourth-order valence-corrected chi connectivity index (χ4v) is 2.68. The van der Waals surface area contributed by atoms with Crippen molar-refractivity contribution in [1.29, 1.82) is 0 Å². The van der Waals surface area contributed by atoms with Gasteiger partial charge in [-0.3, -0.25) is 19.8 Å². The summed E-state index contributed by atoms with van der Waals surface area (Å²) >= 11 is 6.15. The third-order valence-electron chi connectivity index (χ3n) is 3.85. The van der Waals surface area contributed by atoms with E-state index in [1.165, 1.54) is 17.0 Å². The predicted octanol–water partition coefficient (Wildman–Crippen LogP) is 4.36. The number of hydrogen-bond donors (Lipinski definition) is 0. The van der Waals surface area contributed by atoms with Crippen LogP contribution in [0.15, 0.2) is 53.2 Å². The molecule has 0 unspecified atom stereocenters. The Hall–Kier alpha value is -2.99. The molecule has 6 nitrogen and oxygen atoms in total. The van der Waals surface area contributed by atoms with E-state index in [-0.39, 0.29) is 17.3 Å². The lowest BCUT2D eigenvalue weighted by molar-refractivity contribution is -0.384. The SMILES string of the molecule is CC1=NC(=Cc2ccc([N+](=O)[O-])cc2)C(=O)N1c1ccc(C)c(Cl)c1. The largest absolute Gasteiger partial charge is 0.282 e. The molecule has 1 amide bonds. The number of amides is 1. The summed E-state index contributed by atoms with van der Waals surface area (Å²) in [6, 6.07) is 11.3. The first-order valence-corrected chi connectivity index (χ1v) is 7.86. The van der Waals surface area contributed by atoms with Crippen LogP contribution in [0.1, 0.15) is 18.1 Å². The third-order valence-corrected chi connectivity index (χ3v) is 4.26. The number of aliphatic imine (C=N–C) groups is 1. The molecule has 0 saturated carbocycles. The van der Waals surface area contributed by atoms with Crippen molar-refractivity contribution in [1.82, 2.24) is 0 Å². The van der Waals surface area contributed by atoms with Crippen molar-refractivity contribution in [2.45, 2.75) is 13.8 Å². The van der Waals surface area contributed by atoms with Gasteiger partial charge in [0, 0.05) is 17.2 Å². The maximum Gasteiger partial charge on any atom is 0.282 e. The van der Waals surface area contributed by atoms with Crippen LogP contribution in [0, 0.1) is 17.0 Å². The second-order valence-corrected chi connectivity index (χ2v) is 6.02. The van der Waals surface area contributed by atoms with Crippen molar-refractivity contribution in [3.63, 3.8) is 0 Å². The Morgan fingerprint density at radius 2 is 1.84 bits per heavy atom. The molecule has 0 N–H and O–H groups in total. The minimum Gasteiger partial charge on any atom is -0.266 e. The highest BCUT2D eigenvalue weighted by atomic mass is 35.5. The van der Waals surface area contributed by atoms with Crippen molar-refractivity contribution in [2.24, 2.45) is 4.99 Å². The van der Waals surface area contributed by atoms with Crippen LogP contribution in [0.25, 0.3) is 6.08 Å². The van der Waals surface area contributed by atoms with E-state index in [1.807, 2.05) is 19.1 Å². The topological polar surface area (TPSA) is 75.8 Å². The first-order chi connectivity index (χ1) is 11.9. The van der Waals surface area contributed by atoms with E-state index in [2.05, 4.69) is 4.99 Å². The van der Waals surface area contributed by atoms with Gasteiger partial charge in [-0.25, -0.2) is 4.99 Å². The number of benzene rings is 2. The summed E-state index contributed by atoms with van der Waals surface area (Å²) in [4.78, 5) is 28.7. The number of carbonyl (C=O) groups excluding carboxylic acids is 1. The molecule has 1 aliphatic heterocycles. The minimum absolute atomic E-state index is 0.00416. The number of hydrogen-bond acceptors (Lipinski definition) is 4. The first kappa shape index (κ1) is 16.9. The molecule has 0 saturated heterocycles. The maximum absolute atomic E-state index is 12.7. The van der Waals surface area contributed by atoms with Crippen LogP contribution in [0.2, 0.25) is 5.02 Å². The molecule has 25 heavy (non-hydrogen) atoms. The molecule has 2 aromatic rings. The fourth-order valence-electron chi connectivity index (χ4n) is 2.50. The molecule has 0 atom stereocenters.